The van der Waals surface area contributed by atoms with E-state index in [1.165, 1.54) is 0 Å². The van der Waals surface area contributed by atoms with Gasteiger partial charge in [-0.2, -0.15) is 0 Å². The minimum atomic E-state index is -0.538. The van der Waals surface area contributed by atoms with Crippen molar-refractivity contribution in [1.29, 1.82) is 0 Å². The normalized spacial score (nSPS) is 10.7. The summed E-state index contributed by atoms with van der Waals surface area (Å²) < 4.78 is 5.37. The molecule has 142 valence electrons. The number of fused-ring (bicyclic) bond motifs is 1. The van der Waals surface area contributed by atoms with Crippen LogP contribution in [0.25, 0.3) is 22.2 Å². The molecule has 0 atom stereocenters. The van der Waals surface area contributed by atoms with Crippen LogP contribution in [-0.4, -0.2) is 23.3 Å². The number of para-hydroxylation sites is 1. The number of benzene rings is 3. The van der Waals surface area contributed by atoms with E-state index in [2.05, 4.69) is 0 Å². The zero-order chi connectivity index (χ0) is 20.2. The molecule has 0 spiro atoms. The molecule has 0 amide bonds. The zero-order valence-electron chi connectivity index (χ0n) is 16.0. The molecule has 1 aromatic heterocycles. The summed E-state index contributed by atoms with van der Waals surface area (Å²) in [5, 5.41) is 0.710. The lowest BCUT2D eigenvalue weighted by molar-refractivity contribution is 0.0476. The number of carbonyl (C=O) groups is 2. The van der Waals surface area contributed by atoms with Crippen LogP contribution < -0.4 is 0 Å². The van der Waals surface area contributed by atoms with Gasteiger partial charge >= 0.3 is 5.97 Å². The van der Waals surface area contributed by atoms with E-state index < -0.39 is 5.97 Å². The van der Waals surface area contributed by atoms with Crippen LogP contribution in [0.2, 0.25) is 0 Å². The largest absolute Gasteiger partial charge is 0.454 e. The minimum Gasteiger partial charge on any atom is -0.454 e. The van der Waals surface area contributed by atoms with E-state index in [4.69, 9.17) is 9.72 Å². The Hall–Kier alpha value is -3.79. The Morgan fingerprint density at radius 2 is 1.55 bits per heavy atom. The zero-order valence-corrected chi connectivity index (χ0v) is 16.0. The van der Waals surface area contributed by atoms with E-state index >= 15 is 0 Å². The molecular weight excluding hydrogens is 362 g/mol. The van der Waals surface area contributed by atoms with Crippen molar-refractivity contribution in [3.63, 3.8) is 0 Å². The fourth-order valence-corrected chi connectivity index (χ4v) is 3.23. The number of aryl methyl sites for hydroxylation is 1. The van der Waals surface area contributed by atoms with Crippen molar-refractivity contribution in [2.75, 3.05) is 6.61 Å². The van der Waals surface area contributed by atoms with Crippen LogP contribution in [0, 0.1) is 6.92 Å². The summed E-state index contributed by atoms with van der Waals surface area (Å²) in [5.74, 6) is -0.777. The van der Waals surface area contributed by atoms with E-state index in [-0.39, 0.29) is 12.4 Å². The van der Waals surface area contributed by atoms with Gasteiger partial charge < -0.3 is 4.74 Å². The van der Waals surface area contributed by atoms with Crippen LogP contribution in [0.5, 0.6) is 0 Å². The van der Waals surface area contributed by atoms with E-state index in [9.17, 15) is 9.59 Å². The number of carbonyl (C=O) groups excluding carboxylic acids is 2. The molecule has 0 bridgehead atoms. The average molecular weight is 381 g/mol. The predicted octanol–water partition coefficient (Wildman–Crippen LogP) is 5.25. The average Bonchev–Trinajstić information content (AvgIpc) is 2.78. The van der Waals surface area contributed by atoms with Crippen LogP contribution in [-0.2, 0) is 4.74 Å². The molecule has 0 fully saturated rings. The fourth-order valence-electron chi connectivity index (χ4n) is 3.23. The molecule has 0 saturated carbocycles. The Labute approximate surface area is 168 Å². The van der Waals surface area contributed by atoms with Crippen LogP contribution in [0.1, 0.15) is 26.3 Å². The minimum absolute atomic E-state index is 0.239. The van der Waals surface area contributed by atoms with Gasteiger partial charge in [-0.3, -0.25) is 4.79 Å². The Balaban J connectivity index is 1.69. The SMILES string of the molecule is Cc1cccc2c(C(=O)OCC(=O)c3ccccc3)cc(-c3ccccc3)nc12. The van der Waals surface area contributed by atoms with Gasteiger partial charge in [0.1, 0.15) is 0 Å². The van der Waals surface area contributed by atoms with Crippen LogP contribution in [0.15, 0.2) is 84.9 Å². The second-order valence-corrected chi connectivity index (χ2v) is 6.76. The molecule has 0 unspecified atom stereocenters. The van der Waals surface area contributed by atoms with Gasteiger partial charge in [0.2, 0.25) is 0 Å². The van der Waals surface area contributed by atoms with E-state index in [1.807, 2.05) is 61.5 Å². The molecular formula is C25H19NO3. The number of ketones is 1. The Morgan fingerprint density at radius 1 is 0.862 bits per heavy atom. The highest BCUT2D eigenvalue weighted by molar-refractivity contribution is 6.06. The molecule has 3 aromatic carbocycles. The second kappa shape index (κ2) is 8.07. The standard InChI is InChI=1S/C25H19NO3/c1-17-9-8-14-20-21(15-22(26-24(17)20)18-10-4-2-5-11-18)25(28)29-16-23(27)19-12-6-3-7-13-19/h2-15H,16H2,1H3. The van der Waals surface area contributed by atoms with E-state index in [1.54, 1.807) is 30.3 Å². The monoisotopic (exact) mass is 381 g/mol. The predicted molar refractivity (Wildman–Crippen MR) is 113 cm³/mol. The number of rotatable bonds is 5. The molecule has 0 aliphatic heterocycles. The highest BCUT2D eigenvalue weighted by atomic mass is 16.5. The summed E-state index contributed by atoms with van der Waals surface area (Å²) in [7, 11) is 0. The number of esters is 1. The van der Waals surface area contributed by atoms with E-state index in [0.29, 0.717) is 22.2 Å². The topological polar surface area (TPSA) is 56.3 Å². The Morgan fingerprint density at radius 3 is 2.28 bits per heavy atom. The first-order valence-corrected chi connectivity index (χ1v) is 9.34. The Kier molecular flexibility index (Phi) is 5.16. The lowest BCUT2D eigenvalue weighted by Gasteiger charge is -2.11. The molecule has 4 rings (SSSR count). The number of pyridine rings is 1. The third kappa shape index (κ3) is 3.92. The van der Waals surface area contributed by atoms with Gasteiger partial charge in [0.15, 0.2) is 12.4 Å². The lowest BCUT2D eigenvalue weighted by Crippen LogP contribution is -2.15. The number of nitrogens with zero attached hydrogens (tertiary/aromatic N) is 1. The number of aromatic nitrogens is 1. The number of hydrogen-bond acceptors (Lipinski definition) is 4. The summed E-state index contributed by atoms with van der Waals surface area (Å²) in [5.41, 5.74) is 4.23. The van der Waals surface area contributed by atoms with Gasteiger partial charge in [0, 0.05) is 16.5 Å². The molecule has 29 heavy (non-hydrogen) atoms. The first-order chi connectivity index (χ1) is 14.1. The third-order valence-corrected chi connectivity index (χ3v) is 4.76. The molecule has 0 saturated heterocycles. The van der Waals surface area contributed by atoms with Gasteiger partial charge in [0.25, 0.3) is 0 Å². The van der Waals surface area contributed by atoms with Crippen LogP contribution >= 0.6 is 0 Å². The third-order valence-electron chi connectivity index (χ3n) is 4.76. The van der Waals surface area contributed by atoms with Gasteiger partial charge in [-0.05, 0) is 18.6 Å². The van der Waals surface area contributed by atoms with Gasteiger partial charge in [-0.1, -0.05) is 78.9 Å². The van der Waals surface area contributed by atoms with Crippen molar-refractivity contribution < 1.29 is 14.3 Å². The summed E-state index contributed by atoms with van der Waals surface area (Å²) in [6, 6.07) is 25.9. The summed E-state index contributed by atoms with van der Waals surface area (Å²) in [6.07, 6.45) is 0. The van der Waals surface area contributed by atoms with Crippen molar-refractivity contribution in [1.82, 2.24) is 4.98 Å². The van der Waals surface area contributed by atoms with Gasteiger partial charge in [0.05, 0.1) is 16.8 Å². The van der Waals surface area contributed by atoms with Crippen LogP contribution in [0.3, 0.4) is 0 Å². The maximum Gasteiger partial charge on any atom is 0.339 e. The molecule has 0 aliphatic carbocycles. The van der Waals surface area contributed by atoms with Crippen molar-refractivity contribution in [3.05, 3.63) is 102 Å². The lowest BCUT2D eigenvalue weighted by atomic mass is 10.0. The summed E-state index contributed by atoms with van der Waals surface area (Å²) in [4.78, 5) is 29.9. The number of hydrogen-bond donors (Lipinski definition) is 0. The van der Waals surface area contributed by atoms with Crippen molar-refractivity contribution in [3.8, 4) is 11.3 Å². The highest BCUT2D eigenvalue weighted by Crippen LogP contribution is 2.27. The molecule has 4 heteroatoms. The maximum atomic E-state index is 12.9. The molecule has 4 aromatic rings. The van der Waals surface area contributed by atoms with E-state index in [0.717, 1.165) is 16.6 Å². The smallest absolute Gasteiger partial charge is 0.339 e. The number of ether oxygens (including phenoxy) is 1. The van der Waals surface area contributed by atoms with Crippen molar-refractivity contribution >= 4 is 22.7 Å². The maximum absolute atomic E-state index is 12.9. The second-order valence-electron chi connectivity index (χ2n) is 6.76. The molecule has 1 heterocycles. The first kappa shape index (κ1) is 18.6. The van der Waals surface area contributed by atoms with Crippen LogP contribution in [0.4, 0.5) is 0 Å². The summed E-state index contributed by atoms with van der Waals surface area (Å²) in [6.45, 7) is 1.65. The molecule has 4 nitrogen and oxygen atoms in total. The first-order valence-electron chi connectivity index (χ1n) is 9.34. The van der Waals surface area contributed by atoms with Crippen molar-refractivity contribution in [2.24, 2.45) is 0 Å². The van der Waals surface area contributed by atoms with Gasteiger partial charge in [-0.25, -0.2) is 9.78 Å². The fraction of sp³-hybridized carbons (Fsp3) is 0.0800. The highest BCUT2D eigenvalue weighted by Gasteiger charge is 2.18. The molecule has 0 N–H and O–H groups in total. The molecule has 0 radical (unpaired) electrons. The Bertz CT molecular complexity index is 1180. The quantitative estimate of drug-likeness (QED) is 0.350. The molecule has 0 aliphatic rings. The van der Waals surface area contributed by atoms with Crippen molar-refractivity contribution in [2.45, 2.75) is 6.92 Å². The number of Topliss-reactive ketones (excluding diaryl/α,β-unsaturated/α-hetero) is 1. The summed E-state index contributed by atoms with van der Waals surface area (Å²) >= 11 is 0. The van der Waals surface area contributed by atoms with Gasteiger partial charge in [-0.15, -0.1) is 0 Å².